The van der Waals surface area contributed by atoms with Gasteiger partial charge in [0.2, 0.25) is 5.01 Å². The van der Waals surface area contributed by atoms with Crippen molar-refractivity contribution in [3.8, 4) is 0 Å². The van der Waals surface area contributed by atoms with E-state index in [9.17, 15) is 9.59 Å². The van der Waals surface area contributed by atoms with Gasteiger partial charge in [0, 0.05) is 17.3 Å². The fourth-order valence-electron chi connectivity index (χ4n) is 1.47. The molecule has 2 heterocycles. The summed E-state index contributed by atoms with van der Waals surface area (Å²) >= 11 is 2.47. The molecule has 6 nitrogen and oxygen atoms in total. The van der Waals surface area contributed by atoms with E-state index in [1.807, 2.05) is 0 Å². The van der Waals surface area contributed by atoms with Crippen molar-refractivity contribution in [2.24, 2.45) is 0 Å². The van der Waals surface area contributed by atoms with Crippen LogP contribution in [0.5, 0.6) is 0 Å². The van der Waals surface area contributed by atoms with Crippen LogP contribution in [0, 0.1) is 0 Å². The average molecular weight is 324 g/mol. The van der Waals surface area contributed by atoms with Gasteiger partial charge in [-0.05, 0) is 19.1 Å². The zero-order valence-corrected chi connectivity index (χ0v) is 12.7. The number of carboxylic acids is 1. The van der Waals surface area contributed by atoms with Crippen molar-refractivity contribution in [3.05, 3.63) is 40.0 Å². The number of pyridine rings is 1. The average Bonchev–Trinajstić information content (AvgIpc) is 2.94. The van der Waals surface area contributed by atoms with Crippen LogP contribution in [-0.2, 0) is 10.5 Å². The summed E-state index contributed by atoms with van der Waals surface area (Å²) in [6.07, 6.45) is 1.54. The van der Waals surface area contributed by atoms with Crippen LogP contribution in [0.25, 0.3) is 0 Å². The molecule has 0 saturated carbocycles. The fraction of sp³-hybridized carbons (Fsp3) is 0.231. The molecule has 0 aliphatic rings. The Hall–Kier alpha value is -1.93. The minimum absolute atomic E-state index is 0.156. The minimum atomic E-state index is -1.02. The standard InChI is InChI=1S/C13H12N2O4S2/c1-2-19-13(18)11-15-8(7-21-11)6-20-10-9(12(16)17)4-3-5-14-10/h3-5,7H,2,6H2,1H3,(H,16,17). The Kier molecular flexibility index (Phi) is 5.29. The fourth-order valence-corrected chi connectivity index (χ4v) is 3.16. The van der Waals surface area contributed by atoms with Gasteiger partial charge < -0.3 is 9.84 Å². The number of aromatic carboxylic acids is 1. The van der Waals surface area contributed by atoms with Gasteiger partial charge in [0.05, 0.1) is 17.9 Å². The van der Waals surface area contributed by atoms with Crippen LogP contribution in [-0.4, -0.2) is 33.6 Å². The number of carbonyl (C=O) groups excluding carboxylic acids is 1. The first-order valence-corrected chi connectivity index (χ1v) is 7.91. The van der Waals surface area contributed by atoms with Gasteiger partial charge in [-0.25, -0.2) is 19.6 Å². The molecule has 110 valence electrons. The molecule has 0 spiro atoms. The SMILES string of the molecule is CCOC(=O)c1nc(CSc2ncccc2C(=O)O)cs1. The molecule has 0 unspecified atom stereocenters. The molecule has 0 atom stereocenters. The van der Waals surface area contributed by atoms with Crippen molar-refractivity contribution >= 4 is 35.0 Å². The van der Waals surface area contributed by atoms with E-state index in [0.29, 0.717) is 28.1 Å². The van der Waals surface area contributed by atoms with Gasteiger partial charge in [-0.3, -0.25) is 0 Å². The van der Waals surface area contributed by atoms with Crippen LogP contribution in [0.1, 0.15) is 32.8 Å². The third-order valence-electron chi connectivity index (χ3n) is 2.36. The molecule has 0 aliphatic carbocycles. The molecule has 2 aromatic heterocycles. The first kappa shape index (κ1) is 15.5. The van der Waals surface area contributed by atoms with Crippen molar-refractivity contribution in [1.82, 2.24) is 9.97 Å². The number of thioether (sulfide) groups is 1. The van der Waals surface area contributed by atoms with Crippen molar-refractivity contribution in [3.63, 3.8) is 0 Å². The summed E-state index contributed by atoms with van der Waals surface area (Å²) in [5.74, 6) is -1.02. The molecule has 0 aliphatic heterocycles. The highest BCUT2D eigenvalue weighted by Gasteiger charge is 2.14. The van der Waals surface area contributed by atoms with Crippen LogP contribution < -0.4 is 0 Å². The lowest BCUT2D eigenvalue weighted by Crippen LogP contribution is -2.04. The lowest BCUT2D eigenvalue weighted by molar-refractivity contribution is 0.0525. The maximum atomic E-state index is 11.5. The smallest absolute Gasteiger partial charge is 0.367 e. The van der Waals surface area contributed by atoms with Crippen LogP contribution in [0.4, 0.5) is 0 Å². The van der Waals surface area contributed by atoms with Crippen molar-refractivity contribution < 1.29 is 19.4 Å². The zero-order chi connectivity index (χ0) is 15.2. The number of thiazole rings is 1. The van der Waals surface area contributed by atoms with Crippen LogP contribution >= 0.6 is 23.1 Å². The molecule has 21 heavy (non-hydrogen) atoms. The number of rotatable bonds is 6. The molecule has 8 heteroatoms. The Morgan fingerprint density at radius 2 is 2.29 bits per heavy atom. The summed E-state index contributed by atoms with van der Waals surface area (Å²) < 4.78 is 4.87. The van der Waals surface area contributed by atoms with E-state index in [1.165, 1.54) is 29.2 Å². The number of carboxylic acid groups (broad SMARTS) is 1. The topological polar surface area (TPSA) is 89.4 Å². The Balaban J connectivity index is 2.04. The highest BCUT2D eigenvalue weighted by Crippen LogP contribution is 2.25. The second-order valence-electron chi connectivity index (χ2n) is 3.81. The van der Waals surface area contributed by atoms with Crippen molar-refractivity contribution in [1.29, 1.82) is 0 Å². The molecule has 0 saturated heterocycles. The van der Waals surface area contributed by atoms with E-state index >= 15 is 0 Å². The molecule has 2 rings (SSSR count). The van der Waals surface area contributed by atoms with E-state index < -0.39 is 11.9 Å². The summed E-state index contributed by atoms with van der Waals surface area (Å²) in [6, 6.07) is 3.08. The number of ether oxygens (including phenoxy) is 1. The largest absolute Gasteiger partial charge is 0.478 e. The molecule has 0 amide bonds. The summed E-state index contributed by atoms with van der Waals surface area (Å²) in [5, 5.41) is 11.5. The molecule has 0 bridgehead atoms. The predicted molar refractivity (Wildman–Crippen MR) is 78.8 cm³/mol. The van der Waals surface area contributed by atoms with Crippen molar-refractivity contribution in [2.45, 2.75) is 17.7 Å². The van der Waals surface area contributed by atoms with E-state index in [1.54, 1.807) is 24.6 Å². The molecule has 0 fully saturated rings. The van der Waals surface area contributed by atoms with E-state index in [2.05, 4.69) is 9.97 Å². The first-order valence-electron chi connectivity index (χ1n) is 6.04. The molecule has 1 N–H and O–H groups in total. The molecule has 0 radical (unpaired) electrons. The maximum absolute atomic E-state index is 11.5. The Morgan fingerprint density at radius 1 is 1.48 bits per heavy atom. The lowest BCUT2D eigenvalue weighted by atomic mass is 10.3. The third-order valence-corrected chi connectivity index (χ3v) is 4.27. The normalized spacial score (nSPS) is 10.3. The highest BCUT2D eigenvalue weighted by atomic mass is 32.2. The lowest BCUT2D eigenvalue weighted by Gasteiger charge is -2.02. The molecule has 0 aromatic carbocycles. The number of esters is 1. The summed E-state index contributed by atoms with van der Waals surface area (Å²) in [7, 11) is 0. The first-order chi connectivity index (χ1) is 10.1. The second-order valence-corrected chi connectivity index (χ2v) is 5.64. The molecular weight excluding hydrogens is 312 g/mol. The summed E-state index contributed by atoms with van der Waals surface area (Å²) in [5.41, 5.74) is 0.846. The van der Waals surface area contributed by atoms with Crippen LogP contribution in [0.2, 0.25) is 0 Å². The third kappa shape index (κ3) is 4.02. The number of aromatic nitrogens is 2. The van der Waals surface area contributed by atoms with E-state index in [0.717, 1.165) is 0 Å². The summed E-state index contributed by atoms with van der Waals surface area (Å²) in [4.78, 5) is 30.8. The Morgan fingerprint density at radius 3 is 3.00 bits per heavy atom. The Bertz CT molecular complexity index is 657. The highest BCUT2D eigenvalue weighted by molar-refractivity contribution is 7.98. The van der Waals surface area contributed by atoms with Gasteiger partial charge in [-0.15, -0.1) is 11.3 Å². The zero-order valence-electron chi connectivity index (χ0n) is 11.1. The number of hydrogen-bond donors (Lipinski definition) is 1. The monoisotopic (exact) mass is 324 g/mol. The summed E-state index contributed by atoms with van der Waals surface area (Å²) in [6.45, 7) is 2.04. The quantitative estimate of drug-likeness (QED) is 0.645. The van der Waals surface area contributed by atoms with E-state index in [-0.39, 0.29) is 5.56 Å². The molecular formula is C13H12N2O4S2. The van der Waals surface area contributed by atoms with Gasteiger partial charge in [-0.1, -0.05) is 11.8 Å². The molecule has 2 aromatic rings. The van der Waals surface area contributed by atoms with Gasteiger partial charge in [0.15, 0.2) is 0 Å². The van der Waals surface area contributed by atoms with Gasteiger partial charge >= 0.3 is 11.9 Å². The van der Waals surface area contributed by atoms with Gasteiger partial charge in [-0.2, -0.15) is 0 Å². The Labute approximate surface area is 129 Å². The van der Waals surface area contributed by atoms with Gasteiger partial charge in [0.25, 0.3) is 0 Å². The van der Waals surface area contributed by atoms with E-state index in [4.69, 9.17) is 9.84 Å². The minimum Gasteiger partial charge on any atom is -0.478 e. The van der Waals surface area contributed by atoms with Crippen molar-refractivity contribution in [2.75, 3.05) is 6.61 Å². The number of hydrogen-bond acceptors (Lipinski definition) is 7. The second kappa shape index (κ2) is 7.19. The maximum Gasteiger partial charge on any atom is 0.367 e. The van der Waals surface area contributed by atoms with Gasteiger partial charge in [0.1, 0.15) is 5.03 Å². The van der Waals surface area contributed by atoms with Crippen LogP contribution in [0.15, 0.2) is 28.7 Å². The predicted octanol–water partition coefficient (Wildman–Crippen LogP) is 2.71. The van der Waals surface area contributed by atoms with Crippen LogP contribution in [0.3, 0.4) is 0 Å². The number of carbonyl (C=O) groups is 2. The number of nitrogens with zero attached hydrogens (tertiary/aromatic N) is 2.